The molecule has 1 heterocycles. The molecule has 0 aromatic rings. The lowest BCUT2D eigenvalue weighted by Crippen LogP contribution is -2.46. The molecule has 88 valence electrons. The minimum Gasteiger partial charge on any atom is -0.376 e. The third-order valence-corrected chi connectivity index (χ3v) is 2.68. The minimum absolute atomic E-state index is 0.225. The van der Waals surface area contributed by atoms with Crippen LogP contribution in [0.15, 0.2) is 12.7 Å². The quantitative estimate of drug-likeness (QED) is 0.516. The Balaban J connectivity index is 2.29. The first-order chi connectivity index (χ1) is 7.38. The predicted octanol–water partition coefficient (Wildman–Crippen LogP) is 1.74. The van der Waals surface area contributed by atoms with Crippen LogP contribution in [0, 0.1) is 0 Å². The third kappa shape index (κ3) is 4.78. The van der Waals surface area contributed by atoms with Gasteiger partial charge in [-0.15, -0.1) is 6.58 Å². The molecular formula is C12H23NO2. The van der Waals surface area contributed by atoms with Gasteiger partial charge in [0.05, 0.1) is 25.9 Å². The number of nitrogens with one attached hydrogen (secondary N) is 1. The van der Waals surface area contributed by atoms with Gasteiger partial charge in [0.1, 0.15) is 0 Å². The number of rotatable bonds is 7. The Labute approximate surface area is 92.8 Å². The maximum Gasteiger partial charge on any atom is 0.0962 e. The molecular weight excluding hydrogens is 190 g/mol. The average molecular weight is 213 g/mol. The number of unbranched alkanes of at least 4 members (excludes halogenated alkanes) is 1. The highest BCUT2D eigenvalue weighted by Crippen LogP contribution is 2.12. The lowest BCUT2D eigenvalue weighted by Gasteiger charge is -2.31. The number of likely N-dealkylation sites (N-methyl/N-ethyl adjacent to an activating group) is 1. The Bertz CT molecular complexity index is 167. The van der Waals surface area contributed by atoms with Crippen molar-refractivity contribution in [1.29, 1.82) is 0 Å². The van der Waals surface area contributed by atoms with E-state index in [0.717, 1.165) is 39.2 Å². The van der Waals surface area contributed by atoms with Crippen LogP contribution in [-0.4, -0.2) is 38.5 Å². The summed E-state index contributed by atoms with van der Waals surface area (Å²) in [6.07, 6.45) is 5.58. The fraction of sp³-hybridized carbons (Fsp3) is 0.833. The van der Waals surface area contributed by atoms with Gasteiger partial charge < -0.3 is 14.8 Å². The van der Waals surface area contributed by atoms with Crippen LogP contribution < -0.4 is 5.32 Å². The van der Waals surface area contributed by atoms with Gasteiger partial charge in [-0.3, -0.25) is 0 Å². The van der Waals surface area contributed by atoms with Gasteiger partial charge in [-0.1, -0.05) is 13.0 Å². The van der Waals surface area contributed by atoms with Crippen LogP contribution >= 0.6 is 0 Å². The highest BCUT2D eigenvalue weighted by molar-refractivity contribution is 4.79. The first-order valence-corrected chi connectivity index (χ1v) is 5.92. The highest BCUT2D eigenvalue weighted by Gasteiger charge is 2.23. The minimum atomic E-state index is 0.225. The Hall–Kier alpha value is -0.380. The molecule has 3 heteroatoms. The molecule has 1 aliphatic rings. The average Bonchev–Trinajstić information content (AvgIpc) is 2.29. The molecule has 3 nitrogen and oxygen atoms in total. The zero-order valence-corrected chi connectivity index (χ0v) is 9.71. The Morgan fingerprint density at radius 3 is 3.00 bits per heavy atom. The Kier molecular flexibility index (Phi) is 6.64. The molecule has 2 unspecified atom stereocenters. The molecule has 1 N–H and O–H groups in total. The van der Waals surface area contributed by atoms with Crippen LogP contribution in [0.25, 0.3) is 0 Å². The maximum absolute atomic E-state index is 5.71. The summed E-state index contributed by atoms with van der Waals surface area (Å²) in [6.45, 7) is 9.05. The van der Waals surface area contributed by atoms with Crippen LogP contribution in [0.5, 0.6) is 0 Å². The first kappa shape index (κ1) is 12.7. The van der Waals surface area contributed by atoms with E-state index in [4.69, 9.17) is 9.47 Å². The van der Waals surface area contributed by atoms with Crippen molar-refractivity contribution in [3.8, 4) is 0 Å². The van der Waals surface area contributed by atoms with E-state index < -0.39 is 0 Å². The molecule has 0 aromatic heterocycles. The fourth-order valence-corrected chi connectivity index (χ4v) is 1.90. The second-order valence-electron chi connectivity index (χ2n) is 3.87. The summed E-state index contributed by atoms with van der Waals surface area (Å²) in [6, 6.07) is 0.426. The number of hydrogen-bond acceptors (Lipinski definition) is 3. The Morgan fingerprint density at radius 2 is 2.40 bits per heavy atom. The zero-order chi connectivity index (χ0) is 10.9. The van der Waals surface area contributed by atoms with E-state index in [1.165, 1.54) is 6.42 Å². The molecule has 2 atom stereocenters. The van der Waals surface area contributed by atoms with E-state index >= 15 is 0 Å². The van der Waals surface area contributed by atoms with Gasteiger partial charge in [-0.05, 0) is 25.8 Å². The fourth-order valence-electron chi connectivity index (χ4n) is 1.90. The largest absolute Gasteiger partial charge is 0.376 e. The van der Waals surface area contributed by atoms with Gasteiger partial charge >= 0.3 is 0 Å². The molecule has 15 heavy (non-hydrogen) atoms. The molecule has 1 aliphatic heterocycles. The summed E-state index contributed by atoms with van der Waals surface area (Å²) in [5.41, 5.74) is 0. The molecule has 1 rings (SSSR count). The van der Waals surface area contributed by atoms with Crippen molar-refractivity contribution in [2.75, 3.05) is 26.4 Å². The maximum atomic E-state index is 5.71. The number of hydrogen-bond donors (Lipinski definition) is 1. The van der Waals surface area contributed by atoms with Crippen LogP contribution in [0.3, 0.4) is 0 Å². The summed E-state index contributed by atoms with van der Waals surface area (Å²) in [7, 11) is 0. The van der Waals surface area contributed by atoms with Gasteiger partial charge in [0.2, 0.25) is 0 Å². The van der Waals surface area contributed by atoms with Crippen molar-refractivity contribution < 1.29 is 9.47 Å². The normalized spacial score (nSPS) is 23.7. The second-order valence-corrected chi connectivity index (χ2v) is 3.87. The van der Waals surface area contributed by atoms with Crippen LogP contribution in [0.4, 0.5) is 0 Å². The third-order valence-electron chi connectivity index (χ3n) is 2.68. The van der Waals surface area contributed by atoms with Crippen molar-refractivity contribution in [3.63, 3.8) is 0 Å². The smallest absolute Gasteiger partial charge is 0.0962 e. The van der Waals surface area contributed by atoms with Crippen molar-refractivity contribution in [2.45, 2.75) is 38.3 Å². The zero-order valence-electron chi connectivity index (χ0n) is 9.71. The van der Waals surface area contributed by atoms with E-state index in [1.807, 2.05) is 6.08 Å². The second kappa shape index (κ2) is 7.85. The van der Waals surface area contributed by atoms with Gasteiger partial charge in [-0.25, -0.2) is 0 Å². The molecule has 0 aromatic carbocycles. The summed E-state index contributed by atoms with van der Waals surface area (Å²) in [5, 5.41) is 3.47. The number of allylic oxidation sites excluding steroid dienone is 1. The Morgan fingerprint density at radius 1 is 1.53 bits per heavy atom. The molecule has 0 amide bonds. The first-order valence-electron chi connectivity index (χ1n) is 5.92. The van der Waals surface area contributed by atoms with Crippen molar-refractivity contribution in [1.82, 2.24) is 5.32 Å². The van der Waals surface area contributed by atoms with Gasteiger partial charge in [0.25, 0.3) is 0 Å². The van der Waals surface area contributed by atoms with E-state index in [1.54, 1.807) is 0 Å². The summed E-state index contributed by atoms with van der Waals surface area (Å²) in [5.74, 6) is 0. The molecule has 0 aliphatic carbocycles. The van der Waals surface area contributed by atoms with Crippen LogP contribution in [0.2, 0.25) is 0 Å². The molecule has 0 radical (unpaired) electrons. The van der Waals surface area contributed by atoms with Crippen LogP contribution in [0.1, 0.15) is 26.2 Å². The van der Waals surface area contributed by atoms with Gasteiger partial charge in [0.15, 0.2) is 0 Å². The summed E-state index contributed by atoms with van der Waals surface area (Å²) in [4.78, 5) is 0. The molecule has 0 spiro atoms. The highest BCUT2D eigenvalue weighted by atomic mass is 16.6. The van der Waals surface area contributed by atoms with E-state index in [9.17, 15) is 0 Å². The molecule has 1 saturated heterocycles. The van der Waals surface area contributed by atoms with Crippen LogP contribution in [-0.2, 0) is 9.47 Å². The standard InChI is InChI=1S/C12H23NO2/c1-3-5-6-7-11(13-4-2)12-10-14-8-9-15-12/h3,11-13H,1,4-10H2,2H3. The lowest BCUT2D eigenvalue weighted by molar-refractivity contribution is -0.102. The predicted molar refractivity (Wildman–Crippen MR) is 62.1 cm³/mol. The summed E-state index contributed by atoms with van der Waals surface area (Å²) >= 11 is 0. The van der Waals surface area contributed by atoms with E-state index in [0.29, 0.717) is 6.04 Å². The van der Waals surface area contributed by atoms with E-state index in [-0.39, 0.29) is 6.10 Å². The van der Waals surface area contributed by atoms with E-state index in [2.05, 4.69) is 18.8 Å². The molecule has 0 saturated carbocycles. The topological polar surface area (TPSA) is 30.5 Å². The van der Waals surface area contributed by atoms with Gasteiger partial charge in [-0.2, -0.15) is 0 Å². The van der Waals surface area contributed by atoms with Crippen molar-refractivity contribution in [2.24, 2.45) is 0 Å². The monoisotopic (exact) mass is 213 g/mol. The lowest BCUT2D eigenvalue weighted by atomic mass is 10.0. The summed E-state index contributed by atoms with van der Waals surface area (Å²) < 4.78 is 11.1. The molecule has 1 fully saturated rings. The van der Waals surface area contributed by atoms with Crippen molar-refractivity contribution in [3.05, 3.63) is 12.7 Å². The molecule has 0 bridgehead atoms. The number of ether oxygens (including phenoxy) is 2. The SMILES string of the molecule is C=CCCCC(NCC)C1COCCO1. The van der Waals surface area contributed by atoms with Crippen molar-refractivity contribution >= 4 is 0 Å². The van der Waals surface area contributed by atoms with Gasteiger partial charge in [0, 0.05) is 6.04 Å².